The molecule has 2 saturated carbocycles. The molecule has 2 aromatic rings. The molecule has 0 aromatic carbocycles. The maximum atomic E-state index is 12.7. The van der Waals surface area contributed by atoms with Crippen LogP contribution in [0.4, 0.5) is 0 Å². The van der Waals surface area contributed by atoms with Crippen LogP contribution in [0, 0.1) is 11.3 Å². The van der Waals surface area contributed by atoms with Gasteiger partial charge < -0.3 is 0 Å². The molecule has 2 heterocycles. The second-order valence-electron chi connectivity index (χ2n) is 7.14. The minimum absolute atomic E-state index is 0.189. The maximum Gasteiger partial charge on any atom is 0.164 e. The molecule has 0 spiro atoms. The Labute approximate surface area is 145 Å². The molecule has 2 aliphatic carbocycles. The summed E-state index contributed by atoms with van der Waals surface area (Å²) in [5.41, 5.74) is 0.986. The molecular formula is C18H20N4OS. The van der Waals surface area contributed by atoms with Gasteiger partial charge in [-0.3, -0.25) is 4.79 Å². The predicted octanol–water partition coefficient (Wildman–Crippen LogP) is 3.83. The fourth-order valence-electron chi connectivity index (χ4n) is 3.81. The molecule has 0 saturated heterocycles. The number of hydrogen-bond donors (Lipinski definition) is 0. The van der Waals surface area contributed by atoms with E-state index in [0.29, 0.717) is 6.42 Å². The Morgan fingerprint density at radius 1 is 1.29 bits per heavy atom. The van der Waals surface area contributed by atoms with Crippen LogP contribution >= 0.6 is 11.3 Å². The smallest absolute Gasteiger partial charge is 0.164 e. The first-order valence-corrected chi connectivity index (χ1v) is 9.52. The number of carbonyl (C=O) groups excluding carboxylic acids is 1. The molecule has 2 aromatic heterocycles. The molecule has 0 bridgehead atoms. The Kier molecular flexibility index (Phi) is 3.76. The van der Waals surface area contributed by atoms with E-state index >= 15 is 0 Å². The van der Waals surface area contributed by atoms with Crippen LogP contribution < -0.4 is 0 Å². The van der Waals surface area contributed by atoms with E-state index in [4.69, 9.17) is 0 Å². The summed E-state index contributed by atoms with van der Waals surface area (Å²) >= 11 is 1.55. The summed E-state index contributed by atoms with van der Waals surface area (Å²) < 4.78 is 1.73. The van der Waals surface area contributed by atoms with Gasteiger partial charge in [0.25, 0.3) is 0 Å². The second kappa shape index (κ2) is 5.82. The topological polar surface area (TPSA) is 71.6 Å². The molecule has 0 N–H and O–H groups in total. The first-order chi connectivity index (χ1) is 11.7. The number of thiophene rings is 1. The SMILES string of the molecule is N#CC1(n2cc(C3(CC(=O)c4ccsc4)CCCCC3)nn2)CC1. The summed E-state index contributed by atoms with van der Waals surface area (Å²) in [6, 6.07) is 4.25. The highest BCUT2D eigenvalue weighted by Gasteiger charge is 2.48. The Balaban J connectivity index is 1.64. The summed E-state index contributed by atoms with van der Waals surface area (Å²) in [6.07, 6.45) is 9.50. The molecule has 2 aliphatic rings. The minimum Gasteiger partial charge on any atom is -0.294 e. The lowest BCUT2D eigenvalue weighted by molar-refractivity contribution is 0.0928. The summed E-state index contributed by atoms with van der Waals surface area (Å²) in [7, 11) is 0. The molecule has 0 amide bonds. The highest BCUT2D eigenvalue weighted by molar-refractivity contribution is 7.08. The van der Waals surface area contributed by atoms with Crippen LogP contribution in [0.3, 0.4) is 0 Å². The van der Waals surface area contributed by atoms with Gasteiger partial charge in [0.2, 0.25) is 0 Å². The number of rotatable bonds is 5. The van der Waals surface area contributed by atoms with Crippen molar-refractivity contribution in [2.75, 3.05) is 0 Å². The van der Waals surface area contributed by atoms with E-state index in [-0.39, 0.29) is 11.2 Å². The third kappa shape index (κ3) is 2.57. The van der Waals surface area contributed by atoms with E-state index in [1.165, 1.54) is 6.42 Å². The second-order valence-corrected chi connectivity index (χ2v) is 7.92. The largest absolute Gasteiger partial charge is 0.294 e. The third-order valence-corrected chi connectivity index (χ3v) is 6.24. The molecule has 0 radical (unpaired) electrons. The Hall–Kier alpha value is -2.00. The van der Waals surface area contributed by atoms with E-state index in [9.17, 15) is 10.1 Å². The number of aromatic nitrogens is 3. The summed E-state index contributed by atoms with van der Waals surface area (Å²) in [6.45, 7) is 0. The summed E-state index contributed by atoms with van der Waals surface area (Å²) in [4.78, 5) is 12.7. The number of nitriles is 1. The average Bonchev–Trinajstić information content (AvgIpc) is 3.05. The highest BCUT2D eigenvalue weighted by atomic mass is 32.1. The van der Waals surface area contributed by atoms with Crippen molar-refractivity contribution in [1.82, 2.24) is 15.0 Å². The van der Waals surface area contributed by atoms with Crippen molar-refractivity contribution >= 4 is 17.1 Å². The zero-order valence-electron chi connectivity index (χ0n) is 13.6. The zero-order chi connectivity index (χ0) is 16.6. The van der Waals surface area contributed by atoms with Crippen LogP contribution in [0.25, 0.3) is 0 Å². The van der Waals surface area contributed by atoms with Gasteiger partial charge in [-0.25, -0.2) is 4.68 Å². The maximum absolute atomic E-state index is 12.7. The van der Waals surface area contributed by atoms with Crippen LogP contribution in [0.2, 0.25) is 0 Å². The van der Waals surface area contributed by atoms with Crippen molar-refractivity contribution < 1.29 is 4.79 Å². The monoisotopic (exact) mass is 340 g/mol. The molecule has 6 heteroatoms. The molecule has 4 rings (SSSR count). The van der Waals surface area contributed by atoms with E-state index in [0.717, 1.165) is 49.8 Å². The van der Waals surface area contributed by atoms with Crippen molar-refractivity contribution in [3.8, 4) is 6.07 Å². The van der Waals surface area contributed by atoms with Gasteiger partial charge in [-0.1, -0.05) is 24.5 Å². The number of carbonyl (C=O) groups is 1. The lowest BCUT2D eigenvalue weighted by Gasteiger charge is -2.35. The molecular weight excluding hydrogens is 320 g/mol. The van der Waals surface area contributed by atoms with Gasteiger partial charge in [-0.15, -0.1) is 5.10 Å². The molecule has 0 aliphatic heterocycles. The van der Waals surface area contributed by atoms with E-state index in [2.05, 4.69) is 16.4 Å². The quantitative estimate of drug-likeness (QED) is 0.776. The normalized spacial score (nSPS) is 21.1. The van der Waals surface area contributed by atoms with Gasteiger partial charge in [0.1, 0.15) is 0 Å². The molecule has 2 fully saturated rings. The molecule has 0 unspecified atom stereocenters. The number of ketones is 1. The Morgan fingerprint density at radius 2 is 2.08 bits per heavy atom. The van der Waals surface area contributed by atoms with Gasteiger partial charge in [0.15, 0.2) is 11.3 Å². The van der Waals surface area contributed by atoms with Crippen molar-refractivity contribution in [2.45, 2.75) is 62.3 Å². The standard InChI is InChI=1S/C18H20N4OS/c19-13-18(7-8-18)22-11-16(20-21-22)17(5-2-1-3-6-17)10-15(23)14-4-9-24-12-14/h4,9,11-12H,1-3,5-8,10H2. The fourth-order valence-corrected chi connectivity index (χ4v) is 4.47. The minimum atomic E-state index is -0.488. The van der Waals surface area contributed by atoms with E-state index in [1.807, 2.05) is 23.0 Å². The van der Waals surface area contributed by atoms with Crippen LogP contribution in [-0.4, -0.2) is 20.8 Å². The average molecular weight is 340 g/mol. The van der Waals surface area contributed by atoms with Crippen LogP contribution in [-0.2, 0) is 11.0 Å². The van der Waals surface area contributed by atoms with Crippen molar-refractivity contribution in [2.24, 2.45) is 0 Å². The van der Waals surface area contributed by atoms with Gasteiger partial charge in [-0.05, 0) is 37.1 Å². The fraction of sp³-hybridized carbons (Fsp3) is 0.556. The lowest BCUT2D eigenvalue weighted by atomic mass is 9.68. The third-order valence-electron chi connectivity index (χ3n) is 5.56. The molecule has 124 valence electrons. The molecule has 24 heavy (non-hydrogen) atoms. The highest BCUT2D eigenvalue weighted by Crippen LogP contribution is 2.45. The molecule has 0 atom stereocenters. The van der Waals surface area contributed by atoms with Crippen molar-refractivity contribution in [3.63, 3.8) is 0 Å². The number of hydrogen-bond acceptors (Lipinski definition) is 5. The van der Waals surface area contributed by atoms with Crippen molar-refractivity contribution in [3.05, 3.63) is 34.3 Å². The molecule has 5 nitrogen and oxygen atoms in total. The first-order valence-electron chi connectivity index (χ1n) is 8.58. The van der Waals surface area contributed by atoms with Gasteiger partial charge in [0, 0.05) is 22.8 Å². The summed E-state index contributed by atoms with van der Waals surface area (Å²) in [5.74, 6) is 0.189. The van der Waals surface area contributed by atoms with Crippen molar-refractivity contribution in [1.29, 1.82) is 5.26 Å². The first kappa shape index (κ1) is 15.5. The number of Topliss-reactive ketones (excluding diaryl/α,β-unsaturated/α-hetero) is 1. The van der Waals surface area contributed by atoms with Crippen LogP contribution in [0.15, 0.2) is 23.0 Å². The van der Waals surface area contributed by atoms with Gasteiger partial charge in [0.05, 0.1) is 18.0 Å². The van der Waals surface area contributed by atoms with Crippen LogP contribution in [0.1, 0.15) is 67.4 Å². The lowest BCUT2D eigenvalue weighted by Crippen LogP contribution is -2.32. The zero-order valence-corrected chi connectivity index (χ0v) is 14.4. The predicted molar refractivity (Wildman–Crippen MR) is 90.9 cm³/mol. The van der Waals surface area contributed by atoms with Gasteiger partial charge >= 0.3 is 0 Å². The van der Waals surface area contributed by atoms with Crippen LogP contribution in [0.5, 0.6) is 0 Å². The van der Waals surface area contributed by atoms with E-state index < -0.39 is 5.54 Å². The van der Waals surface area contributed by atoms with Gasteiger partial charge in [-0.2, -0.15) is 16.6 Å². The number of nitrogens with zero attached hydrogens (tertiary/aromatic N) is 4. The Bertz CT molecular complexity index is 776. The van der Waals surface area contributed by atoms with E-state index in [1.54, 1.807) is 16.0 Å². The summed E-state index contributed by atoms with van der Waals surface area (Å²) in [5, 5.41) is 21.9. The Morgan fingerprint density at radius 3 is 2.71 bits per heavy atom.